The van der Waals surface area contributed by atoms with Crippen molar-refractivity contribution in [3.8, 4) is 0 Å². The summed E-state index contributed by atoms with van der Waals surface area (Å²) in [5.41, 5.74) is 0.925. The number of carbonyl (C=O) groups is 1. The Kier molecular flexibility index (Phi) is 4.68. The molecule has 0 unspecified atom stereocenters. The summed E-state index contributed by atoms with van der Waals surface area (Å²) in [7, 11) is -3.57. The van der Waals surface area contributed by atoms with Crippen molar-refractivity contribution in [2.75, 3.05) is 5.75 Å². The molecule has 5 nitrogen and oxygen atoms in total. The molecule has 2 N–H and O–H groups in total. The zero-order valence-corrected chi connectivity index (χ0v) is 12.9. The second-order valence-electron chi connectivity index (χ2n) is 6.08. The predicted octanol–water partition coefficient (Wildman–Crippen LogP) is 1.79. The third-order valence-corrected chi connectivity index (χ3v) is 5.37. The summed E-state index contributed by atoms with van der Waals surface area (Å²) < 4.78 is 26.4. The number of hydrogen-bond acceptors (Lipinski definition) is 3. The maximum Gasteiger partial charge on any atom is 0.322 e. The van der Waals surface area contributed by atoms with Gasteiger partial charge in [0.1, 0.15) is 6.04 Å². The Bertz CT molecular complexity index is 593. The zero-order valence-electron chi connectivity index (χ0n) is 12.1. The van der Waals surface area contributed by atoms with Crippen LogP contribution in [0, 0.1) is 5.41 Å². The van der Waals surface area contributed by atoms with E-state index >= 15 is 0 Å². The minimum absolute atomic E-state index is 0.0118. The van der Waals surface area contributed by atoms with Gasteiger partial charge in [-0.25, -0.2) is 13.1 Å². The number of hydrogen-bond donors (Lipinski definition) is 2. The first kappa shape index (κ1) is 16.0. The molecule has 1 atom stereocenters. The molecule has 1 aromatic carbocycles. The van der Waals surface area contributed by atoms with Crippen molar-refractivity contribution >= 4 is 16.0 Å². The molecule has 1 saturated carbocycles. The van der Waals surface area contributed by atoms with E-state index in [1.54, 1.807) is 24.3 Å². The number of carboxylic acid groups (broad SMARTS) is 1. The summed E-state index contributed by atoms with van der Waals surface area (Å²) in [6, 6.07) is 7.89. The van der Waals surface area contributed by atoms with E-state index in [0.717, 1.165) is 18.4 Å². The third-order valence-electron chi connectivity index (χ3n) is 3.98. The van der Waals surface area contributed by atoms with Crippen molar-refractivity contribution in [2.24, 2.45) is 5.41 Å². The molecule has 2 rings (SSSR count). The topological polar surface area (TPSA) is 83.5 Å². The highest BCUT2D eigenvalue weighted by molar-refractivity contribution is 7.89. The van der Waals surface area contributed by atoms with Crippen molar-refractivity contribution in [3.63, 3.8) is 0 Å². The van der Waals surface area contributed by atoms with E-state index in [1.165, 1.54) is 0 Å². The molecular weight excluding hydrogens is 290 g/mol. The SMILES string of the molecule is CC1(CCS(=O)(=O)N[C@H](Cc2ccccc2)C(=O)O)CC1. The van der Waals surface area contributed by atoms with Gasteiger partial charge in [0.15, 0.2) is 0 Å². The van der Waals surface area contributed by atoms with E-state index in [2.05, 4.69) is 11.6 Å². The van der Waals surface area contributed by atoms with Crippen molar-refractivity contribution in [2.45, 2.75) is 38.6 Å². The smallest absolute Gasteiger partial charge is 0.322 e. The minimum Gasteiger partial charge on any atom is -0.480 e. The molecule has 1 aliphatic carbocycles. The summed E-state index contributed by atoms with van der Waals surface area (Å²) in [6.07, 6.45) is 2.83. The van der Waals surface area contributed by atoms with Crippen molar-refractivity contribution < 1.29 is 18.3 Å². The van der Waals surface area contributed by atoms with Crippen LogP contribution in [0.4, 0.5) is 0 Å². The first-order valence-corrected chi connectivity index (χ1v) is 8.72. The van der Waals surface area contributed by atoms with Gasteiger partial charge in [0.25, 0.3) is 0 Å². The number of benzene rings is 1. The van der Waals surface area contributed by atoms with Gasteiger partial charge >= 0.3 is 5.97 Å². The van der Waals surface area contributed by atoms with E-state index < -0.39 is 22.0 Å². The van der Waals surface area contributed by atoms with Crippen LogP contribution in [0.15, 0.2) is 30.3 Å². The average Bonchev–Trinajstić information content (AvgIpc) is 3.16. The van der Waals surface area contributed by atoms with Crippen LogP contribution >= 0.6 is 0 Å². The lowest BCUT2D eigenvalue weighted by Gasteiger charge is -2.16. The first-order chi connectivity index (χ1) is 9.80. The van der Waals surface area contributed by atoms with Crippen molar-refractivity contribution in [1.29, 1.82) is 0 Å². The van der Waals surface area contributed by atoms with E-state index in [-0.39, 0.29) is 17.6 Å². The molecule has 1 fully saturated rings. The van der Waals surface area contributed by atoms with E-state index in [9.17, 15) is 18.3 Å². The molecule has 1 aliphatic rings. The predicted molar refractivity (Wildman–Crippen MR) is 80.5 cm³/mol. The van der Waals surface area contributed by atoms with E-state index in [4.69, 9.17) is 0 Å². The van der Waals surface area contributed by atoms with Gasteiger partial charge in [-0.3, -0.25) is 4.79 Å². The fraction of sp³-hybridized carbons (Fsp3) is 0.533. The number of nitrogens with one attached hydrogen (secondary N) is 1. The van der Waals surface area contributed by atoms with Gasteiger partial charge in [-0.05, 0) is 36.7 Å². The molecule has 0 saturated heterocycles. The number of sulfonamides is 1. The van der Waals surface area contributed by atoms with Crippen molar-refractivity contribution in [1.82, 2.24) is 4.72 Å². The zero-order chi connectivity index (χ0) is 15.5. The maximum absolute atomic E-state index is 12.0. The number of aliphatic carboxylic acids is 1. The summed E-state index contributed by atoms with van der Waals surface area (Å²) in [6.45, 7) is 2.06. The summed E-state index contributed by atoms with van der Waals surface area (Å²) in [5, 5.41) is 9.21. The standard InChI is InChI=1S/C15H21NO4S/c1-15(7-8-15)9-10-21(19,20)16-13(14(17)18)11-12-5-3-2-4-6-12/h2-6,13,16H,7-11H2,1H3,(H,17,18)/t13-/m1/s1. The first-order valence-electron chi connectivity index (χ1n) is 7.06. The highest BCUT2D eigenvalue weighted by Gasteiger charge is 2.38. The molecule has 0 spiro atoms. The maximum atomic E-state index is 12.0. The van der Waals surface area contributed by atoms with Gasteiger partial charge in [0.05, 0.1) is 5.75 Å². The normalized spacial score (nSPS) is 18.1. The minimum atomic E-state index is -3.57. The fourth-order valence-electron chi connectivity index (χ4n) is 2.15. The Labute approximate surface area is 125 Å². The molecule has 1 aromatic rings. The Morgan fingerprint density at radius 2 is 1.95 bits per heavy atom. The molecule has 6 heteroatoms. The number of rotatable bonds is 8. The van der Waals surface area contributed by atoms with Crippen LogP contribution in [-0.4, -0.2) is 31.3 Å². The Balaban J connectivity index is 1.96. The monoisotopic (exact) mass is 311 g/mol. The largest absolute Gasteiger partial charge is 0.480 e. The second kappa shape index (κ2) is 6.15. The quantitative estimate of drug-likeness (QED) is 0.766. The lowest BCUT2D eigenvalue weighted by molar-refractivity contribution is -0.138. The molecule has 0 aromatic heterocycles. The van der Waals surface area contributed by atoms with Crippen molar-refractivity contribution in [3.05, 3.63) is 35.9 Å². The molecule has 0 amide bonds. The molecule has 0 aliphatic heterocycles. The van der Waals surface area contributed by atoms with Gasteiger partial charge in [-0.1, -0.05) is 37.3 Å². The van der Waals surface area contributed by atoms with Gasteiger partial charge in [-0.2, -0.15) is 0 Å². The lowest BCUT2D eigenvalue weighted by atomic mass is 10.1. The summed E-state index contributed by atoms with van der Waals surface area (Å²) >= 11 is 0. The summed E-state index contributed by atoms with van der Waals surface area (Å²) in [4.78, 5) is 11.3. The Hall–Kier alpha value is -1.40. The van der Waals surface area contributed by atoms with Crippen LogP contribution in [0.1, 0.15) is 31.7 Å². The van der Waals surface area contributed by atoms with Gasteiger partial charge < -0.3 is 5.11 Å². The summed E-state index contributed by atoms with van der Waals surface area (Å²) in [5.74, 6) is -1.16. The van der Waals surface area contributed by atoms with Crippen LogP contribution in [0.3, 0.4) is 0 Å². The lowest BCUT2D eigenvalue weighted by Crippen LogP contribution is -2.43. The van der Waals surface area contributed by atoms with Gasteiger partial charge in [-0.15, -0.1) is 0 Å². The highest BCUT2D eigenvalue weighted by atomic mass is 32.2. The van der Waals surface area contributed by atoms with Crippen LogP contribution in [0.2, 0.25) is 0 Å². The highest BCUT2D eigenvalue weighted by Crippen LogP contribution is 2.48. The van der Waals surface area contributed by atoms with Crippen LogP contribution in [0.25, 0.3) is 0 Å². The van der Waals surface area contributed by atoms with Gasteiger partial charge in [0.2, 0.25) is 10.0 Å². The van der Waals surface area contributed by atoms with Crippen LogP contribution in [0.5, 0.6) is 0 Å². The average molecular weight is 311 g/mol. The van der Waals surface area contributed by atoms with Gasteiger partial charge in [0, 0.05) is 0 Å². The number of carboxylic acids is 1. The molecule has 21 heavy (non-hydrogen) atoms. The van der Waals surface area contributed by atoms with E-state index in [1.807, 2.05) is 6.07 Å². The fourth-order valence-corrected chi connectivity index (χ4v) is 3.65. The third kappa shape index (κ3) is 5.13. The molecule has 116 valence electrons. The molecule has 0 heterocycles. The Morgan fingerprint density at radius 3 is 2.48 bits per heavy atom. The van der Waals surface area contributed by atoms with E-state index in [0.29, 0.717) is 6.42 Å². The van der Waals surface area contributed by atoms with Crippen LogP contribution < -0.4 is 4.72 Å². The second-order valence-corrected chi connectivity index (χ2v) is 7.95. The van der Waals surface area contributed by atoms with Crippen LogP contribution in [-0.2, 0) is 21.2 Å². The Morgan fingerprint density at radius 1 is 1.33 bits per heavy atom. The molecule has 0 bridgehead atoms. The molecule has 0 radical (unpaired) electrons. The molecular formula is C15H21NO4S.